The maximum absolute atomic E-state index is 4.77. The summed E-state index contributed by atoms with van der Waals surface area (Å²) in [4.78, 5) is 4.77. The van der Waals surface area contributed by atoms with Gasteiger partial charge in [0.25, 0.3) is 0 Å². The second-order valence-corrected chi connectivity index (χ2v) is 14.0. The molecule has 52 heavy (non-hydrogen) atoms. The average Bonchev–Trinajstić information content (AvgIpc) is 3.83. The fourth-order valence-corrected chi connectivity index (χ4v) is 9.01. The van der Waals surface area contributed by atoms with Crippen molar-refractivity contribution in [3.63, 3.8) is 0 Å². The highest BCUT2D eigenvalue weighted by atomic mass is 15.0. The Hall–Kier alpha value is -6.97. The van der Waals surface area contributed by atoms with Crippen molar-refractivity contribution in [1.29, 1.82) is 0 Å². The average molecular weight is 660 g/mol. The van der Waals surface area contributed by atoms with Crippen LogP contribution in [0.1, 0.15) is 0 Å². The van der Waals surface area contributed by atoms with Crippen LogP contribution in [-0.4, -0.2) is 14.1 Å². The number of rotatable bonds is 3. The molecule has 240 valence electrons. The molecule has 0 aliphatic heterocycles. The Morgan fingerprint density at radius 3 is 1.77 bits per heavy atom. The summed E-state index contributed by atoms with van der Waals surface area (Å²) >= 11 is 0. The van der Waals surface area contributed by atoms with Gasteiger partial charge in [-0.15, -0.1) is 0 Å². The quantitative estimate of drug-likeness (QED) is 0.185. The van der Waals surface area contributed by atoms with Crippen molar-refractivity contribution >= 4 is 65.2 Å². The van der Waals surface area contributed by atoms with E-state index in [-0.39, 0.29) is 0 Å². The van der Waals surface area contributed by atoms with Crippen LogP contribution in [0.15, 0.2) is 176 Å². The number of para-hydroxylation sites is 2. The molecule has 0 fully saturated rings. The van der Waals surface area contributed by atoms with E-state index in [4.69, 9.17) is 4.98 Å². The summed E-state index contributed by atoms with van der Waals surface area (Å²) in [6, 6.07) is 60.1. The van der Waals surface area contributed by atoms with Gasteiger partial charge in [-0.1, -0.05) is 103 Å². The standard InChI is InChI=1S/C49H29N3/c1-2-12-34(13-3-1)51-45-21-18-33(26-40(45)41-24-30-10-4-5-11-31(30)27-48(41)51)32-19-22-46-39(25-32)37-16-8-9-17-44(37)52(46)47-23-20-38-35-14-6-7-15-36(35)42-28-50-29-43(47)49(38)42/h1-29H. The van der Waals surface area contributed by atoms with Crippen molar-refractivity contribution in [2.45, 2.75) is 0 Å². The predicted molar refractivity (Wildman–Crippen MR) is 218 cm³/mol. The summed E-state index contributed by atoms with van der Waals surface area (Å²) < 4.78 is 4.84. The topological polar surface area (TPSA) is 22.8 Å². The van der Waals surface area contributed by atoms with Crippen LogP contribution in [-0.2, 0) is 0 Å². The van der Waals surface area contributed by atoms with E-state index in [1.807, 2.05) is 12.4 Å². The number of hydrogen-bond donors (Lipinski definition) is 0. The van der Waals surface area contributed by atoms with Gasteiger partial charge in [0.05, 0.1) is 27.8 Å². The highest BCUT2D eigenvalue weighted by Gasteiger charge is 2.24. The Morgan fingerprint density at radius 1 is 0.346 bits per heavy atom. The fourth-order valence-electron chi connectivity index (χ4n) is 9.01. The van der Waals surface area contributed by atoms with Crippen molar-refractivity contribution in [2.75, 3.05) is 0 Å². The number of pyridine rings is 1. The molecule has 11 aromatic rings. The monoisotopic (exact) mass is 659 g/mol. The van der Waals surface area contributed by atoms with Crippen LogP contribution in [0.5, 0.6) is 0 Å². The molecule has 3 nitrogen and oxygen atoms in total. The van der Waals surface area contributed by atoms with E-state index < -0.39 is 0 Å². The van der Waals surface area contributed by atoms with Crippen molar-refractivity contribution in [2.24, 2.45) is 0 Å². The first-order valence-electron chi connectivity index (χ1n) is 17.9. The van der Waals surface area contributed by atoms with E-state index in [1.54, 1.807) is 0 Å². The number of nitrogens with zero attached hydrogens (tertiary/aromatic N) is 3. The molecule has 1 aliphatic rings. The minimum atomic E-state index is 1.15. The van der Waals surface area contributed by atoms with E-state index in [1.165, 1.54) is 104 Å². The molecule has 0 spiro atoms. The molecular weight excluding hydrogens is 631 g/mol. The zero-order valence-corrected chi connectivity index (χ0v) is 28.1. The molecule has 3 heteroatoms. The third kappa shape index (κ3) is 3.72. The molecule has 0 N–H and O–H groups in total. The second kappa shape index (κ2) is 10.3. The van der Waals surface area contributed by atoms with Crippen LogP contribution in [0, 0.1) is 0 Å². The lowest BCUT2D eigenvalue weighted by atomic mass is 10.00. The van der Waals surface area contributed by atoms with Gasteiger partial charge in [0, 0.05) is 56.0 Å². The second-order valence-electron chi connectivity index (χ2n) is 14.0. The van der Waals surface area contributed by atoms with Crippen LogP contribution in [0.25, 0.3) is 110 Å². The summed E-state index contributed by atoms with van der Waals surface area (Å²) in [5, 5.41) is 9.96. The molecule has 0 radical (unpaired) electrons. The molecule has 0 amide bonds. The van der Waals surface area contributed by atoms with Gasteiger partial charge >= 0.3 is 0 Å². The highest BCUT2D eigenvalue weighted by Crippen LogP contribution is 2.49. The van der Waals surface area contributed by atoms with Crippen LogP contribution in [0.3, 0.4) is 0 Å². The maximum atomic E-state index is 4.77. The summed E-state index contributed by atoms with van der Waals surface area (Å²) in [5.74, 6) is 0. The highest BCUT2D eigenvalue weighted by molar-refractivity contribution is 6.19. The zero-order chi connectivity index (χ0) is 33.9. The van der Waals surface area contributed by atoms with Crippen molar-refractivity contribution in [3.05, 3.63) is 176 Å². The number of aromatic nitrogens is 3. The van der Waals surface area contributed by atoms with Gasteiger partial charge in [0.15, 0.2) is 0 Å². The lowest BCUT2D eigenvalue weighted by Gasteiger charge is -2.13. The summed E-state index contributed by atoms with van der Waals surface area (Å²) in [6.45, 7) is 0. The first-order chi connectivity index (χ1) is 25.8. The molecular formula is C49H29N3. The Labute approximate surface area is 299 Å². The lowest BCUT2D eigenvalue weighted by Crippen LogP contribution is -1.96. The SMILES string of the molecule is c1ccc(-n2c3ccc(-c4ccc5c(c4)c4ccccc4n5-c4ccc5c6c(cncc46)-c4ccccc4-5)cc3c3cc4ccccc4cc32)cc1. The van der Waals surface area contributed by atoms with Crippen molar-refractivity contribution in [1.82, 2.24) is 14.1 Å². The van der Waals surface area contributed by atoms with E-state index in [0.29, 0.717) is 0 Å². The maximum Gasteiger partial charge on any atom is 0.0556 e. The summed E-state index contributed by atoms with van der Waals surface area (Å²) in [5.41, 5.74) is 14.6. The van der Waals surface area contributed by atoms with Gasteiger partial charge in [0.2, 0.25) is 0 Å². The number of fused-ring (bicyclic) bond motifs is 10. The van der Waals surface area contributed by atoms with Gasteiger partial charge in [0.1, 0.15) is 0 Å². The molecule has 0 saturated carbocycles. The van der Waals surface area contributed by atoms with E-state index in [0.717, 1.165) is 5.69 Å². The minimum absolute atomic E-state index is 1.15. The molecule has 8 aromatic carbocycles. The summed E-state index contributed by atoms with van der Waals surface area (Å²) in [7, 11) is 0. The molecule has 3 heterocycles. The Morgan fingerprint density at radius 2 is 0.962 bits per heavy atom. The van der Waals surface area contributed by atoms with Gasteiger partial charge in [-0.3, -0.25) is 4.98 Å². The molecule has 0 saturated heterocycles. The molecule has 1 aliphatic carbocycles. The zero-order valence-electron chi connectivity index (χ0n) is 28.1. The van der Waals surface area contributed by atoms with Crippen LogP contribution in [0.4, 0.5) is 0 Å². The van der Waals surface area contributed by atoms with E-state index >= 15 is 0 Å². The van der Waals surface area contributed by atoms with Gasteiger partial charge in [-0.05, 0) is 99.3 Å². The van der Waals surface area contributed by atoms with Gasteiger partial charge in [-0.2, -0.15) is 0 Å². The largest absolute Gasteiger partial charge is 0.309 e. The Kier molecular flexibility index (Phi) is 5.50. The van der Waals surface area contributed by atoms with Gasteiger partial charge in [-0.25, -0.2) is 0 Å². The molecule has 0 atom stereocenters. The lowest BCUT2D eigenvalue weighted by molar-refractivity contribution is 1.18. The molecule has 12 rings (SSSR count). The third-order valence-electron chi connectivity index (χ3n) is 11.3. The summed E-state index contributed by atoms with van der Waals surface area (Å²) in [6.07, 6.45) is 4.07. The van der Waals surface area contributed by atoms with Crippen LogP contribution >= 0.6 is 0 Å². The van der Waals surface area contributed by atoms with Crippen molar-refractivity contribution < 1.29 is 0 Å². The first-order valence-corrected chi connectivity index (χ1v) is 17.9. The number of hydrogen-bond acceptors (Lipinski definition) is 1. The van der Waals surface area contributed by atoms with Crippen LogP contribution < -0.4 is 0 Å². The van der Waals surface area contributed by atoms with Crippen molar-refractivity contribution in [3.8, 4) is 44.8 Å². The number of benzene rings is 8. The Bertz CT molecular complexity index is 3260. The first kappa shape index (κ1) is 27.8. The fraction of sp³-hybridized carbons (Fsp3) is 0. The van der Waals surface area contributed by atoms with Gasteiger partial charge < -0.3 is 9.13 Å². The molecule has 3 aromatic heterocycles. The van der Waals surface area contributed by atoms with E-state index in [9.17, 15) is 0 Å². The Balaban J connectivity index is 1.08. The third-order valence-corrected chi connectivity index (χ3v) is 11.3. The minimum Gasteiger partial charge on any atom is -0.309 e. The smallest absolute Gasteiger partial charge is 0.0556 e. The molecule has 0 unspecified atom stereocenters. The van der Waals surface area contributed by atoms with E-state index in [2.05, 4.69) is 173 Å². The normalized spacial score (nSPS) is 12.2. The van der Waals surface area contributed by atoms with Crippen LogP contribution in [0.2, 0.25) is 0 Å². The predicted octanol–water partition coefficient (Wildman–Crippen LogP) is 12.9. The molecule has 0 bridgehead atoms.